The van der Waals surface area contributed by atoms with Crippen LogP contribution < -0.4 is 15.8 Å². The van der Waals surface area contributed by atoms with Gasteiger partial charge in [0, 0.05) is 42.1 Å². The number of piperidine rings is 1. The predicted octanol–water partition coefficient (Wildman–Crippen LogP) is 4.37. The fourth-order valence-corrected chi connectivity index (χ4v) is 7.11. The summed E-state index contributed by atoms with van der Waals surface area (Å²) in [6.07, 6.45) is 9.46. The minimum atomic E-state index is -1.01. The quantitative estimate of drug-likeness (QED) is 0.311. The standard InChI is InChI=1S/C33H40N8O2/c1-5-18-40-30(42)26-21-34-31(35-23-7-9-25(10-8-23)39-19-13-24(14-20-39)38(3)4)37-29(26)41(40)27-11-6-22-12-15-33(16-17-33)32(2,43)28(22)36-27/h5-11,21,24,43H,1,12-20H2,2-4H3,(H,34,35,37)/t32-/m0/s1. The molecule has 1 spiro atoms. The van der Waals surface area contributed by atoms with E-state index in [9.17, 15) is 9.90 Å². The molecule has 0 radical (unpaired) electrons. The molecule has 7 rings (SSSR count). The Kier molecular flexibility index (Phi) is 6.66. The summed E-state index contributed by atoms with van der Waals surface area (Å²) in [4.78, 5) is 32.5. The van der Waals surface area contributed by atoms with Gasteiger partial charge in [0.15, 0.2) is 11.5 Å². The molecule has 2 N–H and O–H groups in total. The van der Waals surface area contributed by atoms with E-state index in [0.29, 0.717) is 34.5 Å². The summed E-state index contributed by atoms with van der Waals surface area (Å²) in [6.45, 7) is 8.12. The lowest BCUT2D eigenvalue weighted by molar-refractivity contribution is -0.0371. The fourth-order valence-electron chi connectivity index (χ4n) is 7.11. The molecule has 10 nitrogen and oxygen atoms in total. The summed E-state index contributed by atoms with van der Waals surface area (Å²) in [7, 11) is 4.32. The van der Waals surface area contributed by atoms with E-state index in [2.05, 4.69) is 52.9 Å². The SMILES string of the molecule is C=CCn1c(=O)c2cnc(Nc3ccc(N4CCC(N(C)C)CC4)cc3)nc2n1-c1ccc2c(n1)[C@](C)(O)C1(CC2)CC1. The van der Waals surface area contributed by atoms with Gasteiger partial charge in [-0.05, 0) is 95.4 Å². The number of aromatic nitrogens is 5. The normalized spacial score (nSPS) is 21.4. The van der Waals surface area contributed by atoms with Gasteiger partial charge in [0.2, 0.25) is 5.95 Å². The van der Waals surface area contributed by atoms with Crippen LogP contribution in [0.3, 0.4) is 0 Å². The van der Waals surface area contributed by atoms with Gasteiger partial charge in [-0.15, -0.1) is 6.58 Å². The monoisotopic (exact) mass is 580 g/mol. The average Bonchev–Trinajstić information content (AvgIpc) is 3.76. The van der Waals surface area contributed by atoms with Crippen molar-refractivity contribution in [3.63, 3.8) is 0 Å². The van der Waals surface area contributed by atoms with E-state index < -0.39 is 5.60 Å². The van der Waals surface area contributed by atoms with Crippen molar-refractivity contribution in [3.8, 4) is 5.82 Å². The number of aryl methyl sites for hydroxylation is 1. The number of aliphatic hydroxyl groups is 1. The first kappa shape index (κ1) is 27.8. The number of nitrogens with one attached hydrogen (secondary N) is 1. The van der Waals surface area contributed by atoms with Gasteiger partial charge in [-0.1, -0.05) is 12.1 Å². The third-order valence-electron chi connectivity index (χ3n) is 10.1. The highest BCUT2D eigenvalue weighted by Gasteiger charge is 2.59. The number of allylic oxidation sites excluding steroid dienone is 1. The van der Waals surface area contributed by atoms with E-state index in [0.717, 1.165) is 62.9 Å². The Bertz CT molecular complexity index is 1740. The van der Waals surface area contributed by atoms with Crippen LogP contribution in [0.5, 0.6) is 0 Å². The second-order valence-corrected chi connectivity index (χ2v) is 12.8. The van der Waals surface area contributed by atoms with Crippen LogP contribution in [0.4, 0.5) is 17.3 Å². The predicted molar refractivity (Wildman–Crippen MR) is 169 cm³/mol. The highest BCUT2D eigenvalue weighted by molar-refractivity contribution is 5.77. The molecule has 2 aliphatic carbocycles. The maximum absolute atomic E-state index is 13.5. The van der Waals surface area contributed by atoms with Crippen molar-refractivity contribution in [1.29, 1.82) is 0 Å². The third-order valence-corrected chi connectivity index (χ3v) is 10.1. The zero-order chi connectivity index (χ0) is 29.9. The van der Waals surface area contributed by atoms with Crippen molar-refractivity contribution in [2.75, 3.05) is 37.4 Å². The van der Waals surface area contributed by atoms with Crippen molar-refractivity contribution < 1.29 is 5.11 Å². The lowest BCUT2D eigenvalue weighted by Crippen LogP contribution is -2.41. The second kappa shape index (κ2) is 10.3. The second-order valence-electron chi connectivity index (χ2n) is 12.8. The number of anilines is 3. The third kappa shape index (κ3) is 4.64. The van der Waals surface area contributed by atoms with Gasteiger partial charge in [-0.2, -0.15) is 4.98 Å². The molecule has 4 heterocycles. The largest absolute Gasteiger partial charge is 0.383 e. The summed E-state index contributed by atoms with van der Waals surface area (Å²) in [5, 5.41) is 15.3. The number of hydrogen-bond donors (Lipinski definition) is 2. The molecule has 3 aromatic heterocycles. The molecule has 2 fully saturated rings. The summed E-state index contributed by atoms with van der Waals surface area (Å²) >= 11 is 0. The molecule has 224 valence electrons. The molecule has 10 heteroatoms. The highest BCUT2D eigenvalue weighted by Crippen LogP contribution is 2.63. The molecule has 1 aromatic carbocycles. The molecule has 1 saturated heterocycles. The molecule has 43 heavy (non-hydrogen) atoms. The summed E-state index contributed by atoms with van der Waals surface area (Å²) < 4.78 is 3.31. The summed E-state index contributed by atoms with van der Waals surface area (Å²) in [6, 6.07) is 12.9. The molecule has 1 aliphatic heterocycles. The molecular weight excluding hydrogens is 540 g/mol. The van der Waals surface area contributed by atoms with Gasteiger partial charge in [0.1, 0.15) is 11.0 Å². The van der Waals surface area contributed by atoms with Crippen molar-refractivity contribution in [2.24, 2.45) is 5.41 Å². The molecular formula is C33H40N8O2. The highest BCUT2D eigenvalue weighted by atomic mass is 16.3. The first-order valence-corrected chi connectivity index (χ1v) is 15.3. The van der Waals surface area contributed by atoms with E-state index in [4.69, 9.17) is 9.97 Å². The number of hydrogen-bond acceptors (Lipinski definition) is 8. The molecule has 0 bridgehead atoms. The van der Waals surface area contributed by atoms with Crippen LogP contribution in [0.25, 0.3) is 16.9 Å². The molecule has 3 aliphatic rings. The maximum atomic E-state index is 13.5. The van der Waals surface area contributed by atoms with Crippen LogP contribution in [0.1, 0.15) is 50.3 Å². The smallest absolute Gasteiger partial charge is 0.278 e. The van der Waals surface area contributed by atoms with Crippen molar-refractivity contribution in [3.05, 3.63) is 76.9 Å². The lowest BCUT2D eigenvalue weighted by atomic mass is 9.72. The number of pyridine rings is 1. The minimum Gasteiger partial charge on any atom is -0.383 e. The molecule has 1 saturated carbocycles. The van der Waals surface area contributed by atoms with E-state index in [-0.39, 0.29) is 17.5 Å². The van der Waals surface area contributed by atoms with Crippen LogP contribution >= 0.6 is 0 Å². The van der Waals surface area contributed by atoms with Crippen LogP contribution in [0.2, 0.25) is 0 Å². The van der Waals surface area contributed by atoms with Gasteiger partial charge >= 0.3 is 0 Å². The molecule has 0 unspecified atom stereocenters. The Morgan fingerprint density at radius 1 is 1.09 bits per heavy atom. The fraction of sp³-hybridized carbons (Fsp3) is 0.455. The van der Waals surface area contributed by atoms with E-state index >= 15 is 0 Å². The Labute approximate surface area is 251 Å². The minimum absolute atomic E-state index is 0.0946. The van der Waals surface area contributed by atoms with Crippen molar-refractivity contribution in [1.82, 2.24) is 29.2 Å². The van der Waals surface area contributed by atoms with Gasteiger partial charge in [0.05, 0.1) is 12.2 Å². The summed E-state index contributed by atoms with van der Waals surface area (Å²) in [5.41, 5.74) is 2.96. The first-order chi connectivity index (χ1) is 20.7. The van der Waals surface area contributed by atoms with E-state index in [1.807, 2.05) is 31.2 Å². The average molecular weight is 581 g/mol. The van der Waals surface area contributed by atoms with Crippen LogP contribution in [0.15, 0.2) is 60.0 Å². The van der Waals surface area contributed by atoms with Crippen LogP contribution in [-0.4, -0.2) is 67.5 Å². The zero-order valence-electron chi connectivity index (χ0n) is 25.3. The van der Waals surface area contributed by atoms with Gasteiger partial charge < -0.3 is 20.2 Å². The zero-order valence-corrected chi connectivity index (χ0v) is 25.3. The van der Waals surface area contributed by atoms with Gasteiger partial charge in [0.25, 0.3) is 5.56 Å². The summed E-state index contributed by atoms with van der Waals surface area (Å²) in [5.74, 6) is 0.927. The maximum Gasteiger partial charge on any atom is 0.278 e. The Morgan fingerprint density at radius 3 is 2.51 bits per heavy atom. The van der Waals surface area contributed by atoms with Crippen LogP contribution in [-0.2, 0) is 18.6 Å². The first-order valence-electron chi connectivity index (χ1n) is 15.3. The number of fused-ring (bicyclic) bond motifs is 2. The topological polar surface area (TPSA) is 104 Å². The van der Waals surface area contributed by atoms with E-state index in [1.54, 1.807) is 21.6 Å². The van der Waals surface area contributed by atoms with Crippen LogP contribution in [0, 0.1) is 5.41 Å². The van der Waals surface area contributed by atoms with Crippen molar-refractivity contribution in [2.45, 2.75) is 63.6 Å². The Morgan fingerprint density at radius 2 is 1.84 bits per heavy atom. The Hall–Kier alpha value is -4.02. The number of benzene rings is 1. The molecule has 4 aromatic rings. The Balaban J connectivity index is 1.21. The number of rotatable bonds is 7. The molecule has 0 amide bonds. The number of nitrogens with zero attached hydrogens (tertiary/aromatic N) is 7. The van der Waals surface area contributed by atoms with Gasteiger partial charge in [-0.25, -0.2) is 19.3 Å². The van der Waals surface area contributed by atoms with Crippen molar-refractivity contribution >= 4 is 28.4 Å². The lowest BCUT2D eigenvalue weighted by Gasteiger charge is -2.38. The van der Waals surface area contributed by atoms with E-state index in [1.165, 1.54) is 5.69 Å². The molecule has 1 atom stereocenters. The van der Waals surface area contributed by atoms with Gasteiger partial charge in [-0.3, -0.25) is 4.79 Å².